The van der Waals surface area contributed by atoms with E-state index in [1.165, 1.54) is 11.3 Å². The number of halogens is 1. The molecule has 27 heavy (non-hydrogen) atoms. The molecule has 0 spiro atoms. The van der Waals surface area contributed by atoms with Gasteiger partial charge in [-0.3, -0.25) is 10.1 Å². The van der Waals surface area contributed by atoms with Crippen molar-refractivity contribution < 1.29 is 9.21 Å². The highest BCUT2D eigenvalue weighted by atomic mass is 35.5. The molecule has 0 saturated carbocycles. The highest BCUT2D eigenvalue weighted by molar-refractivity contribution is 7.13. The van der Waals surface area contributed by atoms with E-state index in [1.807, 2.05) is 31.2 Å². The molecule has 0 aliphatic rings. The first-order chi connectivity index (χ1) is 13.1. The van der Waals surface area contributed by atoms with E-state index in [2.05, 4.69) is 15.3 Å². The van der Waals surface area contributed by atoms with Gasteiger partial charge >= 0.3 is 0 Å². The van der Waals surface area contributed by atoms with E-state index < -0.39 is 0 Å². The van der Waals surface area contributed by atoms with E-state index in [4.69, 9.17) is 16.0 Å². The summed E-state index contributed by atoms with van der Waals surface area (Å²) in [4.78, 5) is 21.5. The van der Waals surface area contributed by atoms with Crippen LogP contribution in [0.5, 0.6) is 0 Å². The van der Waals surface area contributed by atoms with Crippen molar-refractivity contribution in [2.75, 3.05) is 5.32 Å². The Bertz CT molecular complexity index is 1200. The van der Waals surface area contributed by atoms with Crippen LogP contribution >= 0.6 is 22.9 Å². The lowest BCUT2D eigenvalue weighted by molar-refractivity contribution is 0.102. The van der Waals surface area contributed by atoms with Crippen LogP contribution in [0.25, 0.3) is 11.0 Å². The second-order valence-corrected chi connectivity index (χ2v) is 7.17. The summed E-state index contributed by atoms with van der Waals surface area (Å²) in [6.07, 6.45) is 1.63. The minimum Gasteiger partial charge on any atom is -0.438 e. The molecule has 4 aromatic rings. The van der Waals surface area contributed by atoms with Crippen molar-refractivity contribution in [2.45, 2.75) is 6.92 Å². The van der Waals surface area contributed by atoms with Crippen LogP contribution in [0.4, 0.5) is 10.8 Å². The summed E-state index contributed by atoms with van der Waals surface area (Å²) in [6, 6.07) is 14.6. The van der Waals surface area contributed by atoms with Gasteiger partial charge in [0.2, 0.25) is 5.55 Å². The largest absolute Gasteiger partial charge is 0.438 e. The van der Waals surface area contributed by atoms with Crippen LogP contribution in [0.3, 0.4) is 0 Å². The van der Waals surface area contributed by atoms with E-state index in [0.29, 0.717) is 21.3 Å². The van der Waals surface area contributed by atoms with Crippen molar-refractivity contribution in [1.82, 2.24) is 4.98 Å². The van der Waals surface area contributed by atoms with Gasteiger partial charge in [-0.2, -0.15) is 0 Å². The fraction of sp³-hybridized carbons (Fsp3) is 0.0500. The Labute approximate surface area is 164 Å². The third kappa shape index (κ3) is 3.77. The normalized spacial score (nSPS) is 11.7. The second-order valence-electron chi connectivity index (χ2n) is 5.84. The molecule has 0 saturated heterocycles. The van der Waals surface area contributed by atoms with Crippen LogP contribution in [-0.4, -0.2) is 10.9 Å². The summed E-state index contributed by atoms with van der Waals surface area (Å²) in [5.41, 5.74) is 2.85. The number of nitrogens with one attached hydrogen (secondary N) is 1. The zero-order chi connectivity index (χ0) is 18.8. The number of fused-ring (bicyclic) bond motifs is 1. The van der Waals surface area contributed by atoms with E-state index in [0.717, 1.165) is 16.6 Å². The van der Waals surface area contributed by atoms with Gasteiger partial charge in [-0.25, -0.2) is 9.98 Å². The quantitative estimate of drug-likeness (QED) is 0.509. The monoisotopic (exact) mass is 395 g/mol. The number of aryl methyl sites for hydroxylation is 1. The zero-order valence-corrected chi connectivity index (χ0v) is 15.8. The third-order valence-electron chi connectivity index (χ3n) is 3.94. The predicted molar refractivity (Wildman–Crippen MR) is 108 cm³/mol. The van der Waals surface area contributed by atoms with Gasteiger partial charge in [0.1, 0.15) is 11.1 Å². The Morgan fingerprint density at radius 3 is 2.85 bits per heavy atom. The van der Waals surface area contributed by atoms with Crippen molar-refractivity contribution >= 4 is 50.6 Å². The van der Waals surface area contributed by atoms with Crippen molar-refractivity contribution in [3.05, 3.63) is 81.8 Å². The molecule has 0 radical (unpaired) electrons. The summed E-state index contributed by atoms with van der Waals surface area (Å²) in [6.45, 7) is 1.95. The van der Waals surface area contributed by atoms with Crippen molar-refractivity contribution in [3.8, 4) is 0 Å². The molecule has 1 amide bonds. The molecule has 0 aliphatic heterocycles. The van der Waals surface area contributed by atoms with Gasteiger partial charge in [0.05, 0.1) is 5.69 Å². The average molecular weight is 396 g/mol. The van der Waals surface area contributed by atoms with E-state index in [9.17, 15) is 4.79 Å². The van der Waals surface area contributed by atoms with Crippen molar-refractivity contribution in [3.63, 3.8) is 0 Å². The molecule has 0 unspecified atom stereocenters. The number of carbonyl (C=O) groups excluding carboxylic acids is 1. The molecule has 0 aliphatic carbocycles. The molecular formula is C20H14ClN3O2S. The summed E-state index contributed by atoms with van der Waals surface area (Å²) in [7, 11) is 0. The Kier molecular flexibility index (Phi) is 4.75. The van der Waals surface area contributed by atoms with Gasteiger partial charge in [-0.05, 0) is 42.8 Å². The molecule has 0 bridgehead atoms. The maximum atomic E-state index is 12.8. The van der Waals surface area contributed by atoms with Crippen molar-refractivity contribution in [1.29, 1.82) is 0 Å². The number of para-hydroxylation sites is 1. The first-order valence-electron chi connectivity index (χ1n) is 8.15. The topological polar surface area (TPSA) is 67.5 Å². The standard InChI is InChI=1S/C20H14ClN3O2S/c1-12-4-2-3-5-16(12)23-19-15(18(25)24-20-22-8-9-27-20)11-13-10-14(21)6-7-17(13)26-19/h2-11H,1H3,(H,22,24,25). The SMILES string of the molecule is Cc1ccccc1N=c1oc2ccc(Cl)cc2cc1C(=O)Nc1nccs1. The lowest BCUT2D eigenvalue weighted by Crippen LogP contribution is -2.21. The van der Waals surface area contributed by atoms with Crippen LogP contribution < -0.4 is 10.9 Å². The van der Waals surface area contributed by atoms with E-state index in [-0.39, 0.29) is 11.5 Å². The predicted octanol–water partition coefficient (Wildman–Crippen LogP) is 5.34. The molecule has 134 valence electrons. The maximum absolute atomic E-state index is 12.8. The Morgan fingerprint density at radius 1 is 1.22 bits per heavy atom. The van der Waals surface area contributed by atoms with Crippen LogP contribution in [0, 0.1) is 6.92 Å². The lowest BCUT2D eigenvalue weighted by atomic mass is 10.1. The molecule has 2 aromatic carbocycles. The van der Waals surface area contributed by atoms with Crippen LogP contribution in [0.2, 0.25) is 5.02 Å². The molecule has 2 aromatic heterocycles. The van der Waals surface area contributed by atoms with Crippen molar-refractivity contribution in [2.24, 2.45) is 4.99 Å². The first kappa shape index (κ1) is 17.5. The summed E-state index contributed by atoms with van der Waals surface area (Å²) < 4.78 is 5.94. The lowest BCUT2D eigenvalue weighted by Gasteiger charge is -2.06. The summed E-state index contributed by atoms with van der Waals surface area (Å²) >= 11 is 7.42. The minimum atomic E-state index is -0.345. The number of hydrogen-bond donors (Lipinski definition) is 1. The first-order valence-corrected chi connectivity index (χ1v) is 9.40. The van der Waals surface area contributed by atoms with Gasteiger partial charge in [-0.1, -0.05) is 29.8 Å². The van der Waals surface area contributed by atoms with Crippen LogP contribution in [0.1, 0.15) is 15.9 Å². The average Bonchev–Trinajstić information content (AvgIpc) is 3.16. The molecular weight excluding hydrogens is 382 g/mol. The van der Waals surface area contributed by atoms with Gasteiger partial charge < -0.3 is 4.42 Å². The number of rotatable bonds is 3. The van der Waals surface area contributed by atoms with E-state index >= 15 is 0 Å². The van der Waals surface area contributed by atoms with Gasteiger partial charge in [0.25, 0.3) is 5.91 Å². The number of hydrogen-bond acceptors (Lipinski definition) is 5. The Balaban J connectivity index is 1.91. The molecule has 2 heterocycles. The number of amides is 1. The summed E-state index contributed by atoms with van der Waals surface area (Å²) in [5.74, 6) is -0.345. The minimum absolute atomic E-state index is 0.230. The maximum Gasteiger partial charge on any atom is 0.262 e. The molecule has 1 N–H and O–H groups in total. The van der Waals surface area contributed by atoms with Gasteiger partial charge in [0.15, 0.2) is 5.13 Å². The fourth-order valence-electron chi connectivity index (χ4n) is 2.60. The summed E-state index contributed by atoms with van der Waals surface area (Å²) in [5, 5.41) is 6.35. The zero-order valence-electron chi connectivity index (χ0n) is 14.3. The Hall–Kier alpha value is -2.96. The number of benzene rings is 2. The van der Waals surface area contributed by atoms with E-state index in [1.54, 1.807) is 35.8 Å². The fourth-order valence-corrected chi connectivity index (χ4v) is 3.30. The highest BCUT2D eigenvalue weighted by Gasteiger charge is 2.14. The number of anilines is 1. The van der Waals surface area contributed by atoms with Gasteiger partial charge in [0, 0.05) is 22.0 Å². The smallest absolute Gasteiger partial charge is 0.262 e. The molecule has 0 atom stereocenters. The second kappa shape index (κ2) is 7.34. The molecule has 4 rings (SSSR count). The Morgan fingerprint density at radius 2 is 2.07 bits per heavy atom. The number of aromatic nitrogens is 1. The van der Waals surface area contributed by atoms with Gasteiger partial charge in [-0.15, -0.1) is 11.3 Å². The number of thiazole rings is 1. The van der Waals surface area contributed by atoms with Crippen LogP contribution in [0.15, 0.2) is 69.5 Å². The number of carbonyl (C=O) groups is 1. The third-order valence-corrected chi connectivity index (χ3v) is 4.87. The van der Waals surface area contributed by atoms with Crippen LogP contribution in [-0.2, 0) is 0 Å². The number of nitrogens with zero attached hydrogens (tertiary/aromatic N) is 2. The molecule has 5 nitrogen and oxygen atoms in total. The highest BCUT2D eigenvalue weighted by Crippen LogP contribution is 2.21. The molecule has 7 heteroatoms. The molecule has 0 fully saturated rings.